The van der Waals surface area contributed by atoms with E-state index >= 15 is 0 Å². The quantitative estimate of drug-likeness (QED) is 0.504. The molecule has 2 aromatic carbocycles. The van der Waals surface area contributed by atoms with Gasteiger partial charge in [-0.2, -0.15) is 0 Å². The molecule has 1 heterocycles. The fourth-order valence-corrected chi connectivity index (χ4v) is 2.85. The van der Waals surface area contributed by atoms with Crippen molar-refractivity contribution in [1.82, 2.24) is 4.98 Å². The van der Waals surface area contributed by atoms with E-state index in [0.29, 0.717) is 5.56 Å². The fourth-order valence-electron chi connectivity index (χ4n) is 2.20. The van der Waals surface area contributed by atoms with E-state index in [2.05, 4.69) is 26.5 Å². The SMILES string of the molecule is [B]OC(=O)c1c2ccccc2nc2cccc([As])c12. The summed E-state index contributed by atoms with van der Waals surface area (Å²) in [6.07, 6.45) is 0. The van der Waals surface area contributed by atoms with Crippen molar-refractivity contribution in [3.05, 3.63) is 48.0 Å². The third kappa shape index (κ3) is 1.93. The summed E-state index contributed by atoms with van der Waals surface area (Å²) < 4.78 is 5.34. The molecule has 0 aliphatic carbocycles. The molecule has 0 aliphatic rings. The van der Waals surface area contributed by atoms with Crippen LogP contribution in [0.4, 0.5) is 0 Å². The maximum atomic E-state index is 12.0. The summed E-state index contributed by atoms with van der Waals surface area (Å²) in [4.78, 5) is 16.6. The molecule has 0 spiro atoms. The van der Waals surface area contributed by atoms with E-state index in [0.717, 1.165) is 26.2 Å². The van der Waals surface area contributed by atoms with Gasteiger partial charge in [-0.3, -0.25) is 0 Å². The Morgan fingerprint density at radius 1 is 1.11 bits per heavy atom. The summed E-state index contributed by atoms with van der Waals surface area (Å²) in [7, 11) is 5.06. The first-order valence-electron chi connectivity index (χ1n) is 5.64. The zero-order chi connectivity index (χ0) is 13.4. The number of aromatic nitrogens is 1. The van der Waals surface area contributed by atoms with E-state index in [1.54, 1.807) is 0 Å². The number of hydrogen-bond acceptors (Lipinski definition) is 3. The first-order valence-corrected chi connectivity index (χ1v) is 6.57. The molecule has 0 bridgehead atoms. The molecule has 0 saturated heterocycles. The van der Waals surface area contributed by atoms with Gasteiger partial charge >= 0.3 is 119 Å². The number of benzene rings is 2. The molecule has 3 nitrogen and oxygen atoms in total. The minimum atomic E-state index is -0.554. The van der Waals surface area contributed by atoms with Gasteiger partial charge in [0.15, 0.2) is 0 Å². The topological polar surface area (TPSA) is 39.2 Å². The second-order valence-corrected chi connectivity index (χ2v) is 5.09. The summed E-state index contributed by atoms with van der Waals surface area (Å²) in [6, 6.07) is 13.1. The summed E-state index contributed by atoms with van der Waals surface area (Å²) in [6.45, 7) is 0. The number of carbonyl (C=O) groups is 1. The van der Waals surface area contributed by atoms with E-state index in [1.165, 1.54) is 0 Å². The summed E-state index contributed by atoms with van der Waals surface area (Å²) in [5.41, 5.74) is 1.95. The van der Waals surface area contributed by atoms with Crippen LogP contribution in [0.1, 0.15) is 10.4 Å². The van der Waals surface area contributed by atoms with Gasteiger partial charge in [0.1, 0.15) is 0 Å². The molecule has 88 valence electrons. The van der Waals surface area contributed by atoms with Gasteiger partial charge < -0.3 is 0 Å². The van der Waals surface area contributed by atoms with Crippen LogP contribution in [0.3, 0.4) is 0 Å². The van der Waals surface area contributed by atoms with Gasteiger partial charge in [0.2, 0.25) is 0 Å². The molecule has 0 N–H and O–H groups in total. The van der Waals surface area contributed by atoms with Crippen molar-refractivity contribution in [3.63, 3.8) is 0 Å². The van der Waals surface area contributed by atoms with Crippen LogP contribution in [-0.4, -0.2) is 35.9 Å². The predicted octanol–water partition coefficient (Wildman–Crippen LogP) is 1.42. The van der Waals surface area contributed by atoms with Gasteiger partial charge in [0.05, 0.1) is 0 Å². The monoisotopic (exact) mass is 307 g/mol. The van der Waals surface area contributed by atoms with Crippen molar-refractivity contribution in [3.8, 4) is 0 Å². The molecule has 19 heavy (non-hydrogen) atoms. The van der Waals surface area contributed by atoms with E-state index in [9.17, 15) is 4.79 Å². The normalized spacial score (nSPS) is 10.8. The zero-order valence-electron chi connectivity index (χ0n) is 9.83. The Labute approximate surface area is 119 Å². The molecular formula is C14H7AsBNO2. The van der Waals surface area contributed by atoms with Crippen LogP contribution in [0, 0.1) is 0 Å². The van der Waals surface area contributed by atoms with Crippen LogP contribution in [0.25, 0.3) is 21.8 Å². The molecule has 0 fully saturated rings. The Morgan fingerprint density at radius 3 is 2.63 bits per heavy atom. The van der Waals surface area contributed by atoms with E-state index in [1.807, 2.05) is 42.5 Å². The third-order valence-corrected chi connectivity index (χ3v) is 3.78. The number of rotatable bonds is 1. The van der Waals surface area contributed by atoms with Crippen molar-refractivity contribution >= 4 is 57.0 Å². The second kappa shape index (κ2) is 4.71. The third-order valence-electron chi connectivity index (χ3n) is 3.00. The summed E-state index contributed by atoms with van der Waals surface area (Å²) in [5, 5.41) is 1.50. The van der Waals surface area contributed by atoms with Crippen LogP contribution in [0.5, 0.6) is 0 Å². The van der Waals surface area contributed by atoms with Gasteiger partial charge in [0, 0.05) is 0 Å². The molecule has 0 aliphatic heterocycles. The first kappa shape index (κ1) is 12.2. The Morgan fingerprint density at radius 2 is 1.84 bits per heavy atom. The molecular weight excluding hydrogens is 300 g/mol. The molecule has 5 heteroatoms. The van der Waals surface area contributed by atoms with Gasteiger partial charge in [-0.05, 0) is 0 Å². The van der Waals surface area contributed by atoms with Crippen LogP contribution >= 0.6 is 0 Å². The predicted molar refractivity (Wildman–Crippen MR) is 75.8 cm³/mol. The number of carbonyl (C=O) groups excluding carboxylic acids is 1. The van der Waals surface area contributed by atoms with Crippen molar-refractivity contribution < 1.29 is 9.45 Å². The summed E-state index contributed by atoms with van der Waals surface area (Å²) >= 11 is 2.44. The maximum absolute atomic E-state index is 12.0. The van der Waals surface area contributed by atoms with Crippen LogP contribution in [-0.2, 0) is 4.65 Å². The van der Waals surface area contributed by atoms with Crippen molar-refractivity contribution in [2.45, 2.75) is 0 Å². The van der Waals surface area contributed by atoms with Crippen molar-refractivity contribution in [2.24, 2.45) is 0 Å². The fraction of sp³-hybridized carbons (Fsp3) is 0. The molecule has 0 amide bonds. The zero-order valence-corrected chi connectivity index (χ0v) is 11.7. The van der Waals surface area contributed by atoms with E-state index in [4.69, 9.17) is 8.05 Å². The standard InChI is InChI=1S/C14H7AsBNO2/c15-9-5-3-7-11-13(9)12(14(18)19-16)8-4-1-2-6-10(8)17-11/h1-7H. The van der Waals surface area contributed by atoms with Gasteiger partial charge in [-0.1, -0.05) is 0 Å². The van der Waals surface area contributed by atoms with Crippen LogP contribution in [0.15, 0.2) is 42.5 Å². The van der Waals surface area contributed by atoms with E-state index in [-0.39, 0.29) is 0 Å². The summed E-state index contributed by atoms with van der Waals surface area (Å²) in [5.74, 6) is -0.554. The second-order valence-electron chi connectivity index (χ2n) is 4.08. The average Bonchev–Trinajstić information content (AvgIpc) is 2.44. The number of fused-ring (bicyclic) bond motifs is 2. The first-order chi connectivity index (χ1) is 9.22. The van der Waals surface area contributed by atoms with Gasteiger partial charge in [-0.15, -0.1) is 0 Å². The Kier molecular flexibility index (Phi) is 3.04. The number of pyridine rings is 1. The van der Waals surface area contributed by atoms with Gasteiger partial charge in [-0.25, -0.2) is 0 Å². The Hall–Kier alpha value is -1.80. The van der Waals surface area contributed by atoms with E-state index < -0.39 is 5.97 Å². The molecule has 0 atom stereocenters. The molecule has 1 aromatic heterocycles. The Balaban J connectivity index is 2.58. The molecule has 0 unspecified atom stereocenters. The number of nitrogens with zero attached hydrogens (tertiary/aromatic N) is 1. The number of para-hydroxylation sites is 1. The molecule has 0 saturated carbocycles. The van der Waals surface area contributed by atoms with Crippen LogP contribution < -0.4 is 4.35 Å². The molecule has 4 radical (unpaired) electrons. The van der Waals surface area contributed by atoms with Crippen molar-refractivity contribution in [2.75, 3.05) is 0 Å². The van der Waals surface area contributed by atoms with Gasteiger partial charge in [0.25, 0.3) is 0 Å². The molecule has 3 rings (SSSR count). The number of hydrogen-bond donors (Lipinski definition) is 0. The van der Waals surface area contributed by atoms with Crippen molar-refractivity contribution in [1.29, 1.82) is 0 Å². The Bertz CT molecular complexity index is 804. The average molecular weight is 307 g/mol. The van der Waals surface area contributed by atoms with Crippen LogP contribution in [0.2, 0.25) is 0 Å². The molecule has 3 aromatic rings. The minimum absolute atomic E-state index is 0.458.